The van der Waals surface area contributed by atoms with Crippen LogP contribution in [0.5, 0.6) is 0 Å². The van der Waals surface area contributed by atoms with E-state index in [1.807, 2.05) is 0 Å². The van der Waals surface area contributed by atoms with Gasteiger partial charge in [-0.3, -0.25) is 0 Å². The summed E-state index contributed by atoms with van der Waals surface area (Å²) in [4.78, 5) is 19.8. The highest BCUT2D eigenvalue weighted by molar-refractivity contribution is 5.79. The van der Waals surface area contributed by atoms with Crippen LogP contribution in [0.1, 0.15) is 25.7 Å². The van der Waals surface area contributed by atoms with Gasteiger partial charge in [-0.15, -0.1) is 0 Å². The second-order valence-corrected chi connectivity index (χ2v) is 2.19. The van der Waals surface area contributed by atoms with E-state index in [2.05, 4.69) is 0 Å². The fraction of sp³-hybridized carbons (Fsp3) is 0.500. The van der Waals surface area contributed by atoms with Crippen LogP contribution in [0.4, 0.5) is 0 Å². The van der Waals surface area contributed by atoms with Crippen LogP contribution in [-0.4, -0.2) is 17.4 Å². The summed E-state index contributed by atoms with van der Waals surface area (Å²) in [7, 11) is 0. The van der Waals surface area contributed by atoms with E-state index in [9.17, 15) is 9.59 Å². The molecule has 0 saturated carbocycles. The van der Waals surface area contributed by atoms with E-state index in [0.29, 0.717) is 6.42 Å². The standard InChI is InChI=1S/C8H12O3/c9-7-5-3-1-2-4-6-8(10)11/h4,6-7H,1-3,5H2,(H,10,11)/b6-4+. The topological polar surface area (TPSA) is 54.4 Å². The quantitative estimate of drug-likeness (QED) is 0.359. The molecule has 0 amide bonds. The second-order valence-electron chi connectivity index (χ2n) is 2.19. The van der Waals surface area contributed by atoms with E-state index in [1.54, 1.807) is 6.08 Å². The number of hydrogen-bond acceptors (Lipinski definition) is 2. The van der Waals surface area contributed by atoms with E-state index < -0.39 is 5.97 Å². The average molecular weight is 156 g/mol. The van der Waals surface area contributed by atoms with Crippen LogP contribution >= 0.6 is 0 Å². The van der Waals surface area contributed by atoms with Crippen LogP contribution in [-0.2, 0) is 9.59 Å². The highest BCUT2D eigenvalue weighted by Gasteiger charge is 1.86. The summed E-state index contributed by atoms with van der Waals surface area (Å²) in [6, 6.07) is 0. The first-order valence-electron chi connectivity index (χ1n) is 3.60. The molecule has 3 heteroatoms. The number of hydrogen-bond donors (Lipinski definition) is 1. The maximum atomic E-state index is 9.95. The zero-order valence-electron chi connectivity index (χ0n) is 6.32. The van der Waals surface area contributed by atoms with Crippen molar-refractivity contribution in [1.82, 2.24) is 0 Å². The van der Waals surface area contributed by atoms with Gasteiger partial charge in [0.2, 0.25) is 0 Å². The molecule has 0 spiro atoms. The Morgan fingerprint density at radius 2 is 1.91 bits per heavy atom. The summed E-state index contributed by atoms with van der Waals surface area (Å²) >= 11 is 0. The lowest BCUT2D eigenvalue weighted by atomic mass is 10.2. The van der Waals surface area contributed by atoms with E-state index in [0.717, 1.165) is 31.6 Å². The third-order valence-electron chi connectivity index (χ3n) is 1.20. The van der Waals surface area contributed by atoms with Crippen molar-refractivity contribution in [2.75, 3.05) is 0 Å². The molecular formula is C8H12O3. The molecule has 0 aliphatic rings. The number of rotatable bonds is 6. The minimum absolute atomic E-state index is 0.570. The monoisotopic (exact) mass is 156 g/mol. The van der Waals surface area contributed by atoms with E-state index in [4.69, 9.17) is 5.11 Å². The normalized spacial score (nSPS) is 10.2. The van der Waals surface area contributed by atoms with Crippen molar-refractivity contribution in [1.29, 1.82) is 0 Å². The Bertz CT molecular complexity index is 149. The van der Waals surface area contributed by atoms with E-state index in [-0.39, 0.29) is 0 Å². The summed E-state index contributed by atoms with van der Waals surface area (Å²) in [5.41, 5.74) is 0. The highest BCUT2D eigenvalue weighted by Crippen LogP contribution is 1.98. The maximum Gasteiger partial charge on any atom is 0.327 e. The number of carbonyl (C=O) groups excluding carboxylic acids is 1. The molecule has 0 aromatic rings. The Hall–Kier alpha value is -1.12. The molecule has 0 atom stereocenters. The van der Waals surface area contributed by atoms with Crippen LogP contribution in [0, 0.1) is 0 Å². The molecule has 0 unspecified atom stereocenters. The van der Waals surface area contributed by atoms with Crippen molar-refractivity contribution in [3.05, 3.63) is 12.2 Å². The van der Waals surface area contributed by atoms with Gasteiger partial charge in [0.25, 0.3) is 0 Å². The molecule has 0 rings (SSSR count). The van der Waals surface area contributed by atoms with Crippen molar-refractivity contribution in [2.24, 2.45) is 0 Å². The SMILES string of the molecule is O=CCCCC/C=C/C(=O)O. The van der Waals surface area contributed by atoms with Crippen LogP contribution in [0.3, 0.4) is 0 Å². The van der Waals surface area contributed by atoms with Gasteiger partial charge in [-0.2, -0.15) is 0 Å². The Morgan fingerprint density at radius 1 is 1.27 bits per heavy atom. The molecule has 0 radical (unpaired) electrons. The molecule has 3 nitrogen and oxygen atoms in total. The third-order valence-corrected chi connectivity index (χ3v) is 1.20. The lowest BCUT2D eigenvalue weighted by molar-refractivity contribution is -0.131. The van der Waals surface area contributed by atoms with Gasteiger partial charge < -0.3 is 9.90 Å². The summed E-state index contributed by atoms with van der Waals surface area (Å²) < 4.78 is 0. The summed E-state index contributed by atoms with van der Waals surface area (Å²) in [5.74, 6) is -0.916. The lowest BCUT2D eigenvalue weighted by Crippen LogP contribution is -1.85. The summed E-state index contributed by atoms with van der Waals surface area (Å²) in [6.07, 6.45) is 6.63. The highest BCUT2D eigenvalue weighted by atomic mass is 16.4. The molecule has 0 aliphatic heterocycles. The first kappa shape index (κ1) is 9.88. The van der Waals surface area contributed by atoms with Gasteiger partial charge in [-0.25, -0.2) is 4.79 Å². The predicted molar refractivity (Wildman–Crippen MR) is 41.3 cm³/mol. The molecule has 62 valence electrons. The second kappa shape index (κ2) is 6.99. The lowest BCUT2D eigenvalue weighted by Gasteiger charge is -1.89. The molecule has 0 aliphatic carbocycles. The van der Waals surface area contributed by atoms with Gasteiger partial charge in [0.1, 0.15) is 6.29 Å². The Kier molecular flexibility index (Phi) is 6.28. The number of unbranched alkanes of at least 4 members (excludes halogenated alkanes) is 3. The first-order valence-corrected chi connectivity index (χ1v) is 3.60. The zero-order chi connectivity index (χ0) is 8.53. The number of carbonyl (C=O) groups is 2. The number of carboxylic acid groups (broad SMARTS) is 1. The fourth-order valence-electron chi connectivity index (χ4n) is 0.674. The summed E-state index contributed by atoms with van der Waals surface area (Å²) in [6.45, 7) is 0. The molecular weight excluding hydrogens is 144 g/mol. The first-order chi connectivity index (χ1) is 5.27. The van der Waals surface area contributed by atoms with Gasteiger partial charge in [-0.1, -0.05) is 6.08 Å². The third kappa shape index (κ3) is 8.88. The van der Waals surface area contributed by atoms with Crippen LogP contribution in [0.2, 0.25) is 0 Å². The minimum Gasteiger partial charge on any atom is -0.478 e. The molecule has 0 aromatic heterocycles. The zero-order valence-corrected chi connectivity index (χ0v) is 6.32. The smallest absolute Gasteiger partial charge is 0.327 e. The van der Waals surface area contributed by atoms with Crippen molar-refractivity contribution in [2.45, 2.75) is 25.7 Å². The maximum absolute atomic E-state index is 9.95. The van der Waals surface area contributed by atoms with Crippen molar-refractivity contribution in [3.8, 4) is 0 Å². The molecule has 0 bridgehead atoms. The van der Waals surface area contributed by atoms with Gasteiger partial charge in [0, 0.05) is 12.5 Å². The molecule has 1 N–H and O–H groups in total. The molecule has 0 fully saturated rings. The van der Waals surface area contributed by atoms with Crippen LogP contribution in [0.15, 0.2) is 12.2 Å². The predicted octanol–water partition coefficient (Wildman–Crippen LogP) is 1.39. The van der Waals surface area contributed by atoms with Gasteiger partial charge in [0.15, 0.2) is 0 Å². The van der Waals surface area contributed by atoms with Gasteiger partial charge >= 0.3 is 5.97 Å². The van der Waals surface area contributed by atoms with Gasteiger partial charge in [-0.05, 0) is 19.3 Å². The van der Waals surface area contributed by atoms with Crippen LogP contribution in [0.25, 0.3) is 0 Å². The van der Waals surface area contributed by atoms with Gasteiger partial charge in [0.05, 0.1) is 0 Å². The molecule has 0 aromatic carbocycles. The van der Waals surface area contributed by atoms with Crippen molar-refractivity contribution < 1.29 is 14.7 Å². The fourth-order valence-corrected chi connectivity index (χ4v) is 0.674. The average Bonchev–Trinajstić information content (AvgIpc) is 1.96. The Balaban J connectivity index is 3.13. The van der Waals surface area contributed by atoms with Crippen LogP contribution < -0.4 is 0 Å². The Labute approximate surface area is 65.7 Å². The number of aliphatic carboxylic acids is 1. The van der Waals surface area contributed by atoms with E-state index in [1.165, 1.54) is 0 Å². The number of carboxylic acids is 1. The summed E-state index contributed by atoms with van der Waals surface area (Å²) in [5, 5.41) is 8.17. The largest absolute Gasteiger partial charge is 0.478 e. The minimum atomic E-state index is -0.916. The molecule has 11 heavy (non-hydrogen) atoms. The van der Waals surface area contributed by atoms with Crippen molar-refractivity contribution >= 4 is 12.3 Å². The van der Waals surface area contributed by atoms with Crippen molar-refractivity contribution in [3.63, 3.8) is 0 Å². The molecule has 0 saturated heterocycles. The van der Waals surface area contributed by atoms with E-state index >= 15 is 0 Å². The number of aldehydes is 1. The Morgan fingerprint density at radius 3 is 2.45 bits per heavy atom. The molecule has 0 heterocycles. The number of allylic oxidation sites excluding steroid dienone is 1.